The van der Waals surface area contributed by atoms with Gasteiger partial charge in [0.2, 0.25) is 0 Å². The number of hydrazone groups is 1. The Morgan fingerprint density at radius 2 is 1.32 bits per heavy atom. The van der Waals surface area contributed by atoms with Crippen molar-refractivity contribution in [2.24, 2.45) is 52.4 Å². The van der Waals surface area contributed by atoms with Gasteiger partial charge >= 0.3 is 0 Å². The van der Waals surface area contributed by atoms with Crippen molar-refractivity contribution in [3.8, 4) is 0 Å². The number of pyridine rings is 1. The molecule has 4 saturated carbocycles. The van der Waals surface area contributed by atoms with Gasteiger partial charge in [0.1, 0.15) is 28.5 Å². The van der Waals surface area contributed by atoms with Crippen molar-refractivity contribution in [1.82, 2.24) is 10.4 Å². The second-order valence-corrected chi connectivity index (χ2v) is 18.4. The summed E-state index contributed by atoms with van der Waals surface area (Å²) in [5.74, 6) is 2.56. The van der Waals surface area contributed by atoms with E-state index in [4.69, 9.17) is 34.1 Å². The quantitative estimate of drug-likeness (QED) is 0.200. The Bertz CT molecular complexity index is 1510. The normalized spacial score (nSPS) is 52.3. The number of aromatic nitrogens is 1. The lowest BCUT2D eigenvalue weighted by Gasteiger charge is -2.62. The molecule has 274 valence electrons. The summed E-state index contributed by atoms with van der Waals surface area (Å²) in [4.78, 5) is 43.3. The highest BCUT2D eigenvalue weighted by atomic mass is 17.2. The first-order valence-corrected chi connectivity index (χ1v) is 19.8. The van der Waals surface area contributed by atoms with Gasteiger partial charge in [-0.1, -0.05) is 27.7 Å². The van der Waals surface area contributed by atoms with Crippen molar-refractivity contribution in [1.29, 1.82) is 0 Å². The number of ether oxygens (including phenoxy) is 2. The molecule has 7 heterocycles. The maximum atomic E-state index is 13.4. The molecule has 0 aromatic carbocycles. The van der Waals surface area contributed by atoms with E-state index in [1.54, 1.807) is 24.5 Å². The molecule has 1 aromatic rings. The van der Waals surface area contributed by atoms with Crippen LogP contribution in [0.4, 0.5) is 0 Å². The number of hydrogen-bond acceptors (Lipinski definition) is 9. The van der Waals surface area contributed by atoms with Crippen LogP contribution in [-0.4, -0.2) is 63.4 Å². The predicted octanol–water partition coefficient (Wildman–Crippen LogP) is 6.98. The zero-order valence-corrected chi connectivity index (χ0v) is 30.8. The van der Waals surface area contributed by atoms with Gasteiger partial charge in [0.25, 0.3) is 5.91 Å². The van der Waals surface area contributed by atoms with Gasteiger partial charge in [0, 0.05) is 37.2 Å². The molecule has 11 rings (SSSR count). The van der Waals surface area contributed by atoms with Crippen LogP contribution in [-0.2, 0) is 29.0 Å². The molecule has 4 aliphatic carbocycles. The van der Waals surface area contributed by atoms with E-state index in [1.807, 2.05) is 0 Å². The minimum Gasteiger partial charge on any atom is -0.371 e. The van der Waals surface area contributed by atoms with E-state index in [0.29, 0.717) is 41.6 Å². The molecule has 2 spiro atoms. The fourth-order valence-corrected chi connectivity index (χ4v) is 12.7. The van der Waals surface area contributed by atoms with Gasteiger partial charge in [0.05, 0.1) is 24.0 Å². The highest BCUT2D eigenvalue weighted by molar-refractivity contribution is 5.96. The van der Waals surface area contributed by atoms with Crippen molar-refractivity contribution >= 4 is 11.6 Å². The fraction of sp³-hybridized carbons (Fsp3) is 0.825. The highest BCUT2D eigenvalue weighted by Gasteiger charge is 2.70. The van der Waals surface area contributed by atoms with Crippen LogP contribution in [0.15, 0.2) is 29.6 Å². The van der Waals surface area contributed by atoms with Gasteiger partial charge < -0.3 is 9.47 Å². The van der Waals surface area contributed by atoms with Crippen LogP contribution in [0.2, 0.25) is 0 Å². The summed E-state index contributed by atoms with van der Waals surface area (Å²) in [5.41, 5.74) is 2.71. The van der Waals surface area contributed by atoms with Crippen LogP contribution in [0.5, 0.6) is 0 Å². The maximum Gasteiger partial charge on any atom is 0.271 e. The lowest BCUT2D eigenvalue weighted by atomic mass is 9.55. The second-order valence-electron chi connectivity index (χ2n) is 18.4. The standard InChI is InChI=1S/C40H57N3O7/c1-22-7-9-29-24(3)32(45-33-20-37(5)15-11-27(22)39(29,33)49-47-37)19-31(42-43-36(44)26-13-17-41-18-14-26)35-25(4)30-10-8-23(2)28-12-16-38(6)21-34(46-35)40(28,30)50-48-38/h13-14,17-18,22-25,27-30,32-35H,7-12,15-16,19-21H2,1-6H3,(H,43,44)/b42-31-/t22-,23-,24-,25-,27+,28+,29+,30+,32-,33-,34-,35+,37+,38+,39-,40-/m1/s1. The molecule has 16 atom stereocenters. The van der Waals surface area contributed by atoms with Crippen LogP contribution in [0, 0.1) is 47.3 Å². The molecule has 1 N–H and O–H groups in total. The summed E-state index contributed by atoms with van der Waals surface area (Å²) in [6.07, 6.45) is 13.6. The van der Waals surface area contributed by atoms with Gasteiger partial charge in [0.15, 0.2) is 0 Å². The Balaban J connectivity index is 1.07. The minimum atomic E-state index is -0.462. The van der Waals surface area contributed by atoms with Crippen molar-refractivity contribution in [3.05, 3.63) is 30.1 Å². The van der Waals surface area contributed by atoms with E-state index in [0.717, 1.165) is 57.1 Å². The zero-order chi connectivity index (χ0) is 34.6. The third-order valence-corrected chi connectivity index (χ3v) is 15.5. The number of fused-ring (bicyclic) bond motifs is 4. The van der Waals surface area contributed by atoms with E-state index in [9.17, 15) is 4.79 Å². The Kier molecular flexibility index (Phi) is 8.15. The molecule has 10 heteroatoms. The molecular formula is C40H57N3O7. The molecule has 10 fully saturated rings. The second kappa shape index (κ2) is 12.0. The molecule has 1 amide bonds. The van der Waals surface area contributed by atoms with E-state index >= 15 is 0 Å². The molecule has 10 nitrogen and oxygen atoms in total. The monoisotopic (exact) mass is 691 g/mol. The molecule has 0 radical (unpaired) electrons. The van der Waals surface area contributed by atoms with Crippen molar-refractivity contribution in [2.45, 2.75) is 159 Å². The Morgan fingerprint density at radius 1 is 0.760 bits per heavy atom. The molecule has 1 aromatic heterocycles. The summed E-state index contributed by atoms with van der Waals surface area (Å²) >= 11 is 0. The van der Waals surface area contributed by atoms with Gasteiger partial charge in [-0.05, 0) is 125 Å². The van der Waals surface area contributed by atoms with Crippen LogP contribution in [0.3, 0.4) is 0 Å². The van der Waals surface area contributed by atoms with Gasteiger partial charge in [-0.3, -0.25) is 9.78 Å². The van der Waals surface area contributed by atoms with Crippen LogP contribution in [0.25, 0.3) is 0 Å². The summed E-state index contributed by atoms with van der Waals surface area (Å²) in [6, 6.07) is 3.43. The number of nitrogens with one attached hydrogen (secondary N) is 1. The van der Waals surface area contributed by atoms with Crippen molar-refractivity contribution in [3.63, 3.8) is 0 Å². The van der Waals surface area contributed by atoms with E-state index in [-0.39, 0.29) is 59.3 Å². The van der Waals surface area contributed by atoms with Crippen molar-refractivity contribution < 1.29 is 33.8 Å². The predicted molar refractivity (Wildman–Crippen MR) is 184 cm³/mol. The zero-order valence-electron chi connectivity index (χ0n) is 30.8. The van der Waals surface area contributed by atoms with E-state index in [1.165, 1.54) is 12.8 Å². The molecule has 4 bridgehead atoms. The van der Waals surface area contributed by atoms with Crippen LogP contribution < -0.4 is 5.43 Å². The number of hydrogen-bond donors (Lipinski definition) is 1. The summed E-state index contributed by atoms with van der Waals surface area (Å²) in [6.45, 7) is 13.8. The summed E-state index contributed by atoms with van der Waals surface area (Å²) in [5, 5.41) is 5.00. The largest absolute Gasteiger partial charge is 0.371 e. The molecule has 0 unspecified atom stereocenters. The first-order chi connectivity index (χ1) is 24.0. The highest BCUT2D eigenvalue weighted by Crippen LogP contribution is 2.63. The lowest BCUT2D eigenvalue weighted by Crippen LogP contribution is -2.71. The molecule has 6 saturated heterocycles. The minimum absolute atomic E-state index is 0.0491. The number of carbonyl (C=O) groups excluding carboxylic acids is 1. The SMILES string of the molecule is C[C@H]1[C@@H](/C(C[C@H]2O[C@@H]3C[C@]4(C)CC[C@H]5[C@H](C)CC[C@@H]([C@H]2C)[C@@]35OO4)=N\NC(=O)c2ccncc2)O[C@@H]2C[C@]3(C)CC[C@H]4[C@H](C)CC[C@@H]1[C@@]24OO3. The smallest absolute Gasteiger partial charge is 0.271 e. The van der Waals surface area contributed by atoms with Crippen LogP contribution in [0.1, 0.15) is 123 Å². The van der Waals surface area contributed by atoms with Crippen LogP contribution >= 0.6 is 0 Å². The van der Waals surface area contributed by atoms with Crippen molar-refractivity contribution in [2.75, 3.05) is 0 Å². The molecule has 6 aliphatic heterocycles. The fourth-order valence-electron chi connectivity index (χ4n) is 12.7. The first-order valence-electron chi connectivity index (χ1n) is 19.8. The van der Waals surface area contributed by atoms with Gasteiger partial charge in [-0.15, -0.1) is 0 Å². The third-order valence-electron chi connectivity index (χ3n) is 15.5. The Morgan fingerprint density at radius 3 is 1.92 bits per heavy atom. The maximum absolute atomic E-state index is 13.4. The lowest BCUT2D eigenvalue weighted by molar-refractivity contribution is -0.487. The Labute approximate surface area is 296 Å². The number of carbonyl (C=O) groups is 1. The average molecular weight is 692 g/mol. The number of nitrogens with zero attached hydrogens (tertiary/aromatic N) is 2. The first kappa shape index (κ1) is 33.9. The van der Waals surface area contributed by atoms with Gasteiger partial charge in [-0.25, -0.2) is 25.0 Å². The van der Waals surface area contributed by atoms with E-state index in [2.05, 4.69) is 52.0 Å². The number of amides is 1. The average Bonchev–Trinajstić information content (AvgIpc) is 3.48. The number of rotatable bonds is 5. The summed E-state index contributed by atoms with van der Waals surface area (Å²) < 4.78 is 14.6. The topological polar surface area (TPSA) is 110 Å². The van der Waals surface area contributed by atoms with E-state index < -0.39 is 11.2 Å². The third kappa shape index (κ3) is 4.98. The summed E-state index contributed by atoms with van der Waals surface area (Å²) in [7, 11) is 0. The molecule has 10 aliphatic rings. The molecule has 50 heavy (non-hydrogen) atoms. The Hall–Kier alpha value is -1.95. The van der Waals surface area contributed by atoms with Gasteiger partial charge in [-0.2, -0.15) is 5.10 Å². The molecular weight excluding hydrogens is 634 g/mol.